The Kier molecular flexibility index (Phi) is 7.46. The molecule has 0 aliphatic carbocycles. The van der Waals surface area contributed by atoms with Gasteiger partial charge in [0.2, 0.25) is 0 Å². The second-order valence-electron chi connectivity index (χ2n) is 7.36. The van der Waals surface area contributed by atoms with Gasteiger partial charge >= 0.3 is 10.2 Å². The van der Waals surface area contributed by atoms with Gasteiger partial charge in [0.25, 0.3) is 0 Å². The Hall–Kier alpha value is -3.41. The third-order valence-corrected chi connectivity index (χ3v) is 6.46. The lowest BCUT2D eigenvalue weighted by Gasteiger charge is -2.15. The Bertz CT molecular complexity index is 1360. The van der Waals surface area contributed by atoms with E-state index in [1.165, 1.54) is 24.8 Å². The van der Waals surface area contributed by atoms with Crippen molar-refractivity contribution in [2.75, 3.05) is 35.0 Å². The number of likely N-dealkylation sites (N-methyl/N-ethyl adjacent to an activating group) is 1. The van der Waals surface area contributed by atoms with Crippen molar-refractivity contribution in [2.45, 2.75) is 13.5 Å². The quantitative estimate of drug-likeness (QED) is 0.231. The molecular weight excluding hydrogens is 476 g/mol. The normalized spacial score (nSPS) is 11.5. The van der Waals surface area contributed by atoms with Crippen LogP contribution in [0.3, 0.4) is 0 Å². The first kappa shape index (κ1) is 23.7. The number of nitrogens with zero attached hydrogens (tertiary/aromatic N) is 4. The molecule has 34 heavy (non-hydrogen) atoms. The van der Waals surface area contributed by atoms with E-state index in [2.05, 4.69) is 42.7 Å². The SMILES string of the molecule is CCNCCNc1cc(Cl)ccc1CNc1cccc2c1cnn2S(=O)(=O)Nc1cnccn1. The van der Waals surface area contributed by atoms with Gasteiger partial charge in [-0.15, -0.1) is 4.09 Å². The van der Waals surface area contributed by atoms with Gasteiger partial charge in [0.1, 0.15) is 0 Å². The van der Waals surface area contributed by atoms with Gasteiger partial charge < -0.3 is 16.0 Å². The Morgan fingerprint density at radius 3 is 2.71 bits per heavy atom. The Balaban J connectivity index is 1.54. The van der Waals surface area contributed by atoms with Crippen LogP contribution in [0.1, 0.15) is 12.5 Å². The van der Waals surface area contributed by atoms with Gasteiger partial charge in [-0.1, -0.05) is 30.7 Å². The average molecular weight is 501 g/mol. The van der Waals surface area contributed by atoms with E-state index in [1.54, 1.807) is 12.1 Å². The molecule has 12 heteroatoms. The van der Waals surface area contributed by atoms with Gasteiger partial charge in [-0.2, -0.15) is 13.5 Å². The smallest absolute Gasteiger partial charge is 0.344 e. The fraction of sp³-hybridized carbons (Fsp3) is 0.227. The Morgan fingerprint density at radius 1 is 1.03 bits per heavy atom. The van der Waals surface area contributed by atoms with Crippen LogP contribution in [0.25, 0.3) is 10.9 Å². The highest BCUT2D eigenvalue weighted by Crippen LogP contribution is 2.27. The number of fused-ring (bicyclic) bond motifs is 1. The zero-order chi connectivity index (χ0) is 24.0. The molecule has 0 spiro atoms. The van der Waals surface area contributed by atoms with Crippen LogP contribution in [0.15, 0.2) is 61.2 Å². The zero-order valence-corrected chi connectivity index (χ0v) is 20.1. The van der Waals surface area contributed by atoms with Crippen LogP contribution >= 0.6 is 11.6 Å². The molecule has 0 radical (unpaired) electrons. The third kappa shape index (κ3) is 5.56. The minimum absolute atomic E-state index is 0.109. The first-order valence-corrected chi connectivity index (χ1v) is 12.5. The zero-order valence-electron chi connectivity index (χ0n) is 18.5. The van der Waals surface area contributed by atoms with Crippen LogP contribution < -0.4 is 20.7 Å². The lowest BCUT2D eigenvalue weighted by Crippen LogP contribution is -2.23. The highest BCUT2D eigenvalue weighted by molar-refractivity contribution is 7.91. The van der Waals surface area contributed by atoms with Crippen LogP contribution in [-0.2, 0) is 16.8 Å². The van der Waals surface area contributed by atoms with E-state index in [0.29, 0.717) is 22.5 Å². The first-order valence-electron chi connectivity index (χ1n) is 10.7. The topological polar surface area (TPSA) is 126 Å². The molecule has 4 N–H and O–H groups in total. The van der Waals surface area contributed by atoms with Gasteiger partial charge in [-0.3, -0.25) is 4.98 Å². The van der Waals surface area contributed by atoms with Crippen molar-refractivity contribution in [3.63, 3.8) is 0 Å². The molecule has 0 unspecified atom stereocenters. The van der Waals surface area contributed by atoms with Gasteiger partial charge in [0, 0.05) is 53.8 Å². The van der Waals surface area contributed by atoms with Crippen LogP contribution in [0.5, 0.6) is 0 Å². The predicted molar refractivity (Wildman–Crippen MR) is 136 cm³/mol. The highest BCUT2D eigenvalue weighted by Gasteiger charge is 2.19. The summed E-state index contributed by atoms with van der Waals surface area (Å²) in [5.74, 6) is 0.109. The van der Waals surface area contributed by atoms with Gasteiger partial charge in [0.05, 0.1) is 17.9 Å². The second-order valence-corrected chi connectivity index (χ2v) is 9.30. The van der Waals surface area contributed by atoms with Crippen LogP contribution in [0.4, 0.5) is 17.2 Å². The summed E-state index contributed by atoms with van der Waals surface area (Å²) >= 11 is 6.20. The third-order valence-electron chi connectivity index (χ3n) is 5.01. The Labute approximate surface area is 202 Å². The summed E-state index contributed by atoms with van der Waals surface area (Å²) in [5, 5.41) is 15.5. The molecule has 2 heterocycles. The molecule has 0 bridgehead atoms. The van der Waals surface area contributed by atoms with Crippen molar-refractivity contribution >= 4 is 49.9 Å². The van der Waals surface area contributed by atoms with Crippen molar-refractivity contribution in [1.82, 2.24) is 24.5 Å². The number of benzene rings is 2. The molecule has 2 aromatic carbocycles. The van der Waals surface area contributed by atoms with E-state index in [9.17, 15) is 8.42 Å². The summed E-state index contributed by atoms with van der Waals surface area (Å²) in [4.78, 5) is 7.83. The summed E-state index contributed by atoms with van der Waals surface area (Å²) < 4.78 is 29.1. The van der Waals surface area contributed by atoms with Crippen LogP contribution in [-0.4, -0.2) is 47.2 Å². The van der Waals surface area contributed by atoms with E-state index < -0.39 is 10.2 Å². The molecular formula is C22H25ClN8O2S. The number of nitrogens with one attached hydrogen (secondary N) is 4. The first-order chi connectivity index (χ1) is 16.5. The lowest BCUT2D eigenvalue weighted by atomic mass is 10.1. The Morgan fingerprint density at radius 2 is 1.91 bits per heavy atom. The van der Waals surface area contributed by atoms with Crippen molar-refractivity contribution < 1.29 is 8.42 Å². The van der Waals surface area contributed by atoms with E-state index in [4.69, 9.17) is 11.6 Å². The maximum absolute atomic E-state index is 12.9. The van der Waals surface area contributed by atoms with Gasteiger partial charge in [0.15, 0.2) is 5.82 Å². The van der Waals surface area contributed by atoms with Gasteiger partial charge in [-0.05, 0) is 36.4 Å². The number of halogens is 1. The van der Waals surface area contributed by atoms with Gasteiger partial charge in [-0.25, -0.2) is 9.71 Å². The molecule has 0 aliphatic rings. The van der Waals surface area contributed by atoms with Crippen molar-refractivity contribution in [2.24, 2.45) is 0 Å². The summed E-state index contributed by atoms with van der Waals surface area (Å²) in [6.45, 7) is 5.09. The maximum atomic E-state index is 12.9. The van der Waals surface area contributed by atoms with E-state index >= 15 is 0 Å². The molecule has 178 valence electrons. The van der Waals surface area contributed by atoms with E-state index in [0.717, 1.165) is 40.7 Å². The second kappa shape index (κ2) is 10.7. The van der Waals surface area contributed by atoms with Crippen molar-refractivity contribution in [3.8, 4) is 0 Å². The number of anilines is 3. The monoisotopic (exact) mass is 500 g/mol. The number of hydrogen-bond acceptors (Lipinski definition) is 8. The minimum Gasteiger partial charge on any atom is -0.383 e. The van der Waals surface area contributed by atoms with Crippen molar-refractivity contribution in [1.29, 1.82) is 0 Å². The average Bonchev–Trinajstić information content (AvgIpc) is 3.28. The molecule has 0 fully saturated rings. The summed E-state index contributed by atoms with van der Waals surface area (Å²) in [7, 11) is -4.01. The minimum atomic E-state index is -4.01. The molecule has 2 aromatic heterocycles. The van der Waals surface area contributed by atoms with E-state index in [1.807, 2.05) is 24.3 Å². The molecule has 4 rings (SSSR count). The van der Waals surface area contributed by atoms with E-state index in [-0.39, 0.29) is 5.82 Å². The van der Waals surface area contributed by atoms with Crippen LogP contribution in [0, 0.1) is 0 Å². The molecule has 0 atom stereocenters. The molecule has 0 amide bonds. The largest absolute Gasteiger partial charge is 0.383 e. The predicted octanol–water partition coefficient (Wildman–Crippen LogP) is 3.32. The summed E-state index contributed by atoms with van der Waals surface area (Å²) in [5.41, 5.74) is 3.16. The molecule has 10 nitrogen and oxygen atoms in total. The summed E-state index contributed by atoms with van der Waals surface area (Å²) in [6, 6.07) is 11.1. The molecule has 0 saturated heterocycles. The lowest BCUT2D eigenvalue weighted by molar-refractivity contribution is 0.587. The molecule has 4 aromatic rings. The highest BCUT2D eigenvalue weighted by atomic mass is 35.5. The number of aromatic nitrogens is 4. The fourth-order valence-electron chi connectivity index (χ4n) is 3.42. The van der Waals surface area contributed by atoms with Crippen molar-refractivity contribution in [3.05, 3.63) is 71.8 Å². The number of rotatable bonds is 11. The molecule has 0 aliphatic heterocycles. The summed E-state index contributed by atoms with van der Waals surface area (Å²) in [6.07, 6.45) is 5.71. The van der Waals surface area contributed by atoms with Crippen LogP contribution in [0.2, 0.25) is 5.02 Å². The molecule has 0 saturated carbocycles. The fourth-order valence-corrected chi connectivity index (χ4v) is 4.64. The maximum Gasteiger partial charge on any atom is 0.344 e. The standard InChI is InChI=1S/C22H25ClN8O2S/c1-2-24-8-10-26-20-12-17(23)7-6-16(20)13-28-19-4-3-5-21-18(19)14-29-31(21)34(32,33)30-22-15-25-9-11-27-22/h3-7,9,11-12,14-15,24,26,28H,2,8,10,13H2,1H3,(H,27,30). The number of hydrogen-bond donors (Lipinski definition) is 4.